The minimum absolute atomic E-state index is 0.171. The van der Waals surface area contributed by atoms with Gasteiger partial charge in [0.2, 0.25) is 11.8 Å². The Morgan fingerprint density at radius 1 is 1.02 bits per heavy atom. The number of pyridine rings is 1. The van der Waals surface area contributed by atoms with Gasteiger partial charge in [-0.25, -0.2) is 0 Å². The molecule has 2 bridgehead atoms. The van der Waals surface area contributed by atoms with Crippen molar-refractivity contribution in [1.82, 2.24) is 20.5 Å². The first kappa shape index (κ1) is 36.4. The number of carbonyl (C=O) groups is 3. The smallest absolute Gasteiger partial charge is 0.239 e. The molecule has 1 aliphatic carbocycles. The standard InChI is InChI=1S/C35H58N6O5/c1-5-22(4)28(37)31(43)29(26-13-9-10-16-38-26)40-34(46)35(21(2)3,33(45)39-27-20-41-17-14-24(27)15-18-41)32(44)30(42)25(36)19-23-11-7-6-8-12-23/h9-10,13,16,21-25,27-30,32,42,44H,5-8,11-12,14-15,17-20,36-37H2,1-4H3,(H,39,45)(H,40,46)/t22-,25-,27?,28-,29?,30+,32-,35+/m0/s1. The maximum absolute atomic E-state index is 14.7. The zero-order valence-electron chi connectivity index (χ0n) is 28.2. The molecule has 3 saturated heterocycles. The van der Waals surface area contributed by atoms with Gasteiger partial charge >= 0.3 is 0 Å². The Morgan fingerprint density at radius 2 is 1.70 bits per heavy atom. The predicted molar refractivity (Wildman–Crippen MR) is 177 cm³/mol. The highest BCUT2D eigenvalue weighted by Gasteiger charge is 2.58. The number of carbonyl (C=O) groups excluding carboxylic acids is 3. The van der Waals surface area contributed by atoms with Crippen molar-refractivity contribution in [3.63, 3.8) is 0 Å². The highest BCUT2D eigenvalue weighted by molar-refractivity contribution is 6.08. The average molecular weight is 643 g/mol. The summed E-state index contributed by atoms with van der Waals surface area (Å²) in [4.78, 5) is 49.9. The highest BCUT2D eigenvalue weighted by atomic mass is 16.3. The molecule has 4 heterocycles. The molecule has 0 aromatic carbocycles. The molecule has 0 radical (unpaired) electrons. The van der Waals surface area contributed by atoms with Crippen molar-refractivity contribution in [2.75, 3.05) is 19.6 Å². The van der Waals surface area contributed by atoms with Crippen LogP contribution in [0.4, 0.5) is 0 Å². The van der Waals surface area contributed by atoms with Crippen molar-refractivity contribution in [2.24, 2.45) is 40.6 Å². The first-order valence-electron chi connectivity index (χ1n) is 17.6. The summed E-state index contributed by atoms with van der Waals surface area (Å²) < 4.78 is 0. The van der Waals surface area contributed by atoms with Crippen LogP contribution in [0.25, 0.3) is 0 Å². The molecular formula is C35H58N6O5. The zero-order chi connectivity index (χ0) is 33.6. The molecule has 11 nitrogen and oxygen atoms in total. The number of aliphatic hydroxyl groups is 2. The Labute approximate surface area is 274 Å². The van der Waals surface area contributed by atoms with E-state index in [9.17, 15) is 24.6 Å². The topological polar surface area (TPSA) is 184 Å². The molecule has 0 spiro atoms. The largest absolute Gasteiger partial charge is 0.389 e. The van der Waals surface area contributed by atoms with Crippen molar-refractivity contribution in [3.05, 3.63) is 30.1 Å². The lowest BCUT2D eigenvalue weighted by molar-refractivity contribution is -0.168. The van der Waals surface area contributed by atoms with Crippen LogP contribution in [-0.2, 0) is 14.4 Å². The molecule has 4 aliphatic rings. The van der Waals surface area contributed by atoms with Gasteiger partial charge in [0.15, 0.2) is 11.2 Å². The van der Waals surface area contributed by atoms with E-state index in [0.29, 0.717) is 25.3 Å². The van der Waals surface area contributed by atoms with E-state index in [-0.39, 0.29) is 23.6 Å². The van der Waals surface area contributed by atoms with Crippen LogP contribution in [0.2, 0.25) is 0 Å². The van der Waals surface area contributed by atoms with E-state index >= 15 is 0 Å². The molecule has 46 heavy (non-hydrogen) atoms. The molecular weight excluding hydrogens is 584 g/mol. The summed E-state index contributed by atoms with van der Waals surface area (Å²) in [6.45, 7) is 9.76. The maximum Gasteiger partial charge on any atom is 0.239 e. The van der Waals surface area contributed by atoms with Crippen LogP contribution in [-0.4, -0.2) is 87.7 Å². The molecule has 5 rings (SSSR count). The minimum Gasteiger partial charge on any atom is -0.389 e. The summed E-state index contributed by atoms with van der Waals surface area (Å²) in [5.74, 6) is -2.36. The lowest BCUT2D eigenvalue weighted by atomic mass is 9.67. The second kappa shape index (κ2) is 16.1. The van der Waals surface area contributed by atoms with Gasteiger partial charge in [-0.05, 0) is 68.2 Å². The van der Waals surface area contributed by atoms with E-state index in [2.05, 4.69) is 20.5 Å². The number of Topliss-reactive ketones (excluding diaryl/α,β-unsaturated/α-hetero) is 1. The number of rotatable bonds is 15. The number of piperidine rings is 3. The van der Waals surface area contributed by atoms with E-state index in [1.165, 1.54) is 12.6 Å². The minimum atomic E-state index is -2.16. The molecule has 8 atom stereocenters. The molecule has 1 saturated carbocycles. The number of nitrogens with one attached hydrogen (secondary N) is 2. The lowest BCUT2D eigenvalue weighted by Crippen LogP contribution is -2.68. The van der Waals surface area contributed by atoms with Gasteiger partial charge in [-0.15, -0.1) is 0 Å². The number of hydrogen-bond donors (Lipinski definition) is 6. The van der Waals surface area contributed by atoms with Gasteiger partial charge in [0.25, 0.3) is 0 Å². The van der Waals surface area contributed by atoms with Gasteiger partial charge < -0.3 is 37.2 Å². The number of nitrogens with zero attached hydrogens (tertiary/aromatic N) is 2. The van der Waals surface area contributed by atoms with Crippen LogP contribution in [0, 0.1) is 29.1 Å². The first-order valence-corrected chi connectivity index (χ1v) is 17.6. The van der Waals surface area contributed by atoms with Crippen LogP contribution < -0.4 is 22.1 Å². The first-order chi connectivity index (χ1) is 21.9. The Morgan fingerprint density at radius 3 is 2.24 bits per heavy atom. The van der Waals surface area contributed by atoms with E-state index < -0.39 is 59.3 Å². The number of aliphatic hydroxyl groups excluding tert-OH is 2. The van der Waals surface area contributed by atoms with Gasteiger partial charge in [0.1, 0.15) is 12.1 Å². The van der Waals surface area contributed by atoms with Crippen molar-refractivity contribution >= 4 is 17.6 Å². The van der Waals surface area contributed by atoms with E-state index in [1.54, 1.807) is 32.0 Å². The number of nitrogens with two attached hydrogens (primary N) is 2. The number of fused-ring (bicyclic) bond motifs is 3. The van der Waals surface area contributed by atoms with Crippen molar-refractivity contribution in [3.8, 4) is 0 Å². The second-order valence-electron chi connectivity index (χ2n) is 14.6. The third-order valence-electron chi connectivity index (χ3n) is 11.3. The lowest BCUT2D eigenvalue weighted by Gasteiger charge is -2.47. The fourth-order valence-electron chi connectivity index (χ4n) is 7.92. The Hall–Kier alpha value is -2.44. The summed E-state index contributed by atoms with van der Waals surface area (Å²) in [7, 11) is 0. The number of aromatic nitrogens is 1. The fourth-order valence-corrected chi connectivity index (χ4v) is 7.92. The van der Waals surface area contributed by atoms with Gasteiger partial charge in [-0.1, -0.05) is 72.3 Å². The van der Waals surface area contributed by atoms with Gasteiger partial charge in [0, 0.05) is 24.8 Å². The zero-order valence-corrected chi connectivity index (χ0v) is 28.2. The van der Waals surface area contributed by atoms with E-state index in [4.69, 9.17) is 11.5 Å². The molecule has 2 unspecified atom stereocenters. The molecule has 8 N–H and O–H groups in total. The summed E-state index contributed by atoms with van der Waals surface area (Å²) in [6.07, 6.45) is 6.49. The van der Waals surface area contributed by atoms with Crippen LogP contribution in [0.1, 0.15) is 97.2 Å². The molecule has 1 aromatic rings. The van der Waals surface area contributed by atoms with Crippen molar-refractivity contribution < 1.29 is 24.6 Å². The summed E-state index contributed by atoms with van der Waals surface area (Å²) in [5.41, 5.74) is 11.1. The average Bonchev–Trinajstić information content (AvgIpc) is 3.07. The molecule has 11 heteroatoms. The molecule has 4 fully saturated rings. The Balaban J connectivity index is 1.70. The second-order valence-corrected chi connectivity index (χ2v) is 14.6. The molecule has 258 valence electrons. The number of hydrogen-bond acceptors (Lipinski definition) is 9. The SMILES string of the molecule is CC[C@H](C)[C@H](N)C(=O)C(NC(=O)[C@](C(=O)NC1CN2CCC1CC2)(C(C)C)[C@@H](O)[C@H](O)[C@@H](N)CC1CCCCC1)c1ccccn1. The third-order valence-corrected chi connectivity index (χ3v) is 11.3. The van der Waals surface area contributed by atoms with Gasteiger partial charge in [-0.2, -0.15) is 0 Å². The normalized spacial score (nSPS) is 27.1. The van der Waals surface area contributed by atoms with Crippen LogP contribution in [0.3, 0.4) is 0 Å². The predicted octanol–water partition coefficient (Wildman–Crippen LogP) is 2.05. The van der Waals surface area contributed by atoms with Crippen molar-refractivity contribution in [2.45, 2.75) is 122 Å². The molecule has 2 amide bonds. The summed E-state index contributed by atoms with van der Waals surface area (Å²) in [5, 5.41) is 29.6. The monoisotopic (exact) mass is 642 g/mol. The number of amides is 2. The van der Waals surface area contributed by atoms with Crippen molar-refractivity contribution in [1.29, 1.82) is 0 Å². The van der Waals surface area contributed by atoms with E-state index in [1.807, 2.05) is 13.8 Å². The molecule has 1 aromatic heterocycles. The molecule has 3 aliphatic heterocycles. The number of ketones is 1. The summed E-state index contributed by atoms with van der Waals surface area (Å²) in [6, 6.07) is 1.83. The third kappa shape index (κ3) is 7.81. The quantitative estimate of drug-likeness (QED) is 0.156. The highest BCUT2D eigenvalue weighted by Crippen LogP contribution is 2.39. The van der Waals surface area contributed by atoms with Crippen LogP contribution in [0.5, 0.6) is 0 Å². The maximum atomic E-state index is 14.7. The van der Waals surface area contributed by atoms with E-state index in [0.717, 1.165) is 51.6 Å². The fraction of sp³-hybridized carbons (Fsp3) is 0.771. The Kier molecular flexibility index (Phi) is 12.7. The summed E-state index contributed by atoms with van der Waals surface area (Å²) >= 11 is 0. The Bertz CT molecular complexity index is 1160. The van der Waals surface area contributed by atoms with Gasteiger partial charge in [-0.3, -0.25) is 19.4 Å². The van der Waals surface area contributed by atoms with Gasteiger partial charge in [0.05, 0.1) is 17.8 Å². The van der Waals surface area contributed by atoms with Crippen LogP contribution in [0.15, 0.2) is 24.4 Å². The van der Waals surface area contributed by atoms with Crippen LogP contribution >= 0.6 is 0 Å².